The van der Waals surface area contributed by atoms with E-state index in [2.05, 4.69) is 5.32 Å². The minimum atomic E-state index is -4.40. The number of benzene rings is 2. The number of para-hydroxylation sites is 1. The Morgan fingerprint density at radius 2 is 1.85 bits per heavy atom. The number of aryl methyl sites for hydroxylation is 2. The van der Waals surface area contributed by atoms with Gasteiger partial charge in [-0.15, -0.1) is 0 Å². The second-order valence-electron chi connectivity index (χ2n) is 6.12. The molecule has 0 aliphatic heterocycles. The van der Waals surface area contributed by atoms with Gasteiger partial charge in [-0.05, 0) is 43.2 Å². The summed E-state index contributed by atoms with van der Waals surface area (Å²) < 4.78 is 40.4. The van der Waals surface area contributed by atoms with E-state index in [-0.39, 0.29) is 12.5 Å². The molecule has 1 N–H and O–H groups in total. The highest BCUT2D eigenvalue weighted by Gasteiger charge is 2.30. The number of carbonyl (C=O) groups is 1. The molecule has 0 fully saturated rings. The number of fused-ring (bicyclic) bond motifs is 1. The SMILES string of the molecule is CCn1c(C(=O)NCc2cccc(C(F)(F)F)c2)c(C)c2ccccc21. The van der Waals surface area contributed by atoms with Gasteiger partial charge in [-0.25, -0.2) is 0 Å². The average molecular weight is 360 g/mol. The zero-order valence-electron chi connectivity index (χ0n) is 14.5. The lowest BCUT2D eigenvalue weighted by atomic mass is 10.1. The number of halogens is 3. The molecular formula is C20H19F3N2O. The number of carbonyl (C=O) groups excluding carboxylic acids is 1. The van der Waals surface area contributed by atoms with Crippen LogP contribution in [0.5, 0.6) is 0 Å². The van der Waals surface area contributed by atoms with Crippen molar-refractivity contribution in [2.24, 2.45) is 0 Å². The van der Waals surface area contributed by atoms with Gasteiger partial charge in [-0.2, -0.15) is 13.2 Å². The summed E-state index contributed by atoms with van der Waals surface area (Å²) in [5, 5.41) is 3.74. The lowest BCUT2D eigenvalue weighted by Crippen LogP contribution is -2.26. The van der Waals surface area contributed by atoms with Crippen LogP contribution in [-0.4, -0.2) is 10.5 Å². The Bertz CT molecular complexity index is 957. The van der Waals surface area contributed by atoms with Crippen LogP contribution in [0.3, 0.4) is 0 Å². The van der Waals surface area contributed by atoms with Gasteiger partial charge in [0.05, 0.1) is 5.56 Å². The monoisotopic (exact) mass is 360 g/mol. The molecule has 26 heavy (non-hydrogen) atoms. The molecule has 0 aliphatic carbocycles. The van der Waals surface area contributed by atoms with E-state index < -0.39 is 11.7 Å². The van der Waals surface area contributed by atoms with Gasteiger partial charge in [0.15, 0.2) is 0 Å². The van der Waals surface area contributed by atoms with Crippen LogP contribution in [0, 0.1) is 6.92 Å². The van der Waals surface area contributed by atoms with Crippen molar-refractivity contribution in [3.63, 3.8) is 0 Å². The zero-order valence-corrected chi connectivity index (χ0v) is 14.5. The largest absolute Gasteiger partial charge is 0.416 e. The van der Waals surface area contributed by atoms with Crippen LogP contribution in [-0.2, 0) is 19.3 Å². The van der Waals surface area contributed by atoms with Gasteiger partial charge in [-0.3, -0.25) is 4.79 Å². The average Bonchev–Trinajstić information content (AvgIpc) is 2.91. The number of aromatic nitrogens is 1. The molecule has 0 atom stereocenters. The van der Waals surface area contributed by atoms with Crippen molar-refractivity contribution in [2.75, 3.05) is 0 Å². The third-order valence-corrected chi connectivity index (χ3v) is 4.46. The fourth-order valence-electron chi connectivity index (χ4n) is 3.22. The summed E-state index contributed by atoms with van der Waals surface area (Å²) in [5.41, 5.74) is 2.06. The number of nitrogens with zero attached hydrogens (tertiary/aromatic N) is 1. The van der Waals surface area contributed by atoms with Crippen LogP contribution < -0.4 is 5.32 Å². The minimum Gasteiger partial charge on any atom is -0.347 e. The van der Waals surface area contributed by atoms with E-state index in [1.807, 2.05) is 42.7 Å². The normalized spacial score (nSPS) is 11.7. The summed E-state index contributed by atoms with van der Waals surface area (Å²) >= 11 is 0. The molecular weight excluding hydrogens is 341 g/mol. The van der Waals surface area contributed by atoms with Gasteiger partial charge in [0.25, 0.3) is 5.91 Å². The third kappa shape index (κ3) is 3.31. The molecule has 0 spiro atoms. The molecule has 0 bridgehead atoms. The third-order valence-electron chi connectivity index (χ3n) is 4.46. The topological polar surface area (TPSA) is 34.0 Å². The molecule has 1 amide bonds. The molecule has 2 aromatic carbocycles. The standard InChI is InChI=1S/C20H19F3N2O/c1-3-25-17-10-5-4-9-16(17)13(2)18(25)19(26)24-12-14-7-6-8-15(11-14)20(21,22)23/h4-11H,3,12H2,1-2H3,(H,24,26). The molecule has 3 nitrogen and oxygen atoms in total. The number of hydrogen-bond donors (Lipinski definition) is 1. The minimum absolute atomic E-state index is 0.0352. The van der Waals surface area contributed by atoms with Crippen LogP contribution in [0.25, 0.3) is 10.9 Å². The lowest BCUT2D eigenvalue weighted by Gasteiger charge is -2.11. The van der Waals surface area contributed by atoms with E-state index in [4.69, 9.17) is 0 Å². The molecule has 0 aliphatic rings. The highest BCUT2D eigenvalue weighted by atomic mass is 19.4. The van der Waals surface area contributed by atoms with E-state index in [9.17, 15) is 18.0 Å². The summed E-state index contributed by atoms with van der Waals surface area (Å²) in [5.74, 6) is -0.294. The molecule has 0 saturated heterocycles. The van der Waals surface area contributed by atoms with Crippen molar-refractivity contribution in [3.8, 4) is 0 Å². The van der Waals surface area contributed by atoms with E-state index in [1.165, 1.54) is 6.07 Å². The molecule has 0 unspecified atom stereocenters. The van der Waals surface area contributed by atoms with Gasteiger partial charge >= 0.3 is 6.18 Å². The Hall–Kier alpha value is -2.76. The maximum atomic E-state index is 12.8. The first-order valence-corrected chi connectivity index (χ1v) is 8.35. The molecule has 1 aromatic heterocycles. The lowest BCUT2D eigenvalue weighted by molar-refractivity contribution is -0.137. The molecule has 0 radical (unpaired) electrons. The quantitative estimate of drug-likeness (QED) is 0.704. The highest BCUT2D eigenvalue weighted by molar-refractivity contribution is 6.01. The molecule has 3 rings (SSSR count). The van der Waals surface area contributed by atoms with Crippen LogP contribution in [0.15, 0.2) is 48.5 Å². The molecule has 3 aromatic rings. The van der Waals surface area contributed by atoms with Crippen molar-refractivity contribution in [3.05, 3.63) is 70.9 Å². The van der Waals surface area contributed by atoms with Gasteiger partial charge < -0.3 is 9.88 Å². The van der Waals surface area contributed by atoms with Crippen LogP contribution in [0.4, 0.5) is 13.2 Å². The van der Waals surface area contributed by atoms with E-state index in [1.54, 1.807) is 6.07 Å². The van der Waals surface area contributed by atoms with Crippen molar-refractivity contribution in [2.45, 2.75) is 33.1 Å². The fraction of sp³-hybridized carbons (Fsp3) is 0.250. The van der Waals surface area contributed by atoms with E-state index in [0.717, 1.165) is 28.6 Å². The van der Waals surface area contributed by atoms with Crippen molar-refractivity contribution in [1.82, 2.24) is 9.88 Å². The number of alkyl halides is 3. The molecule has 1 heterocycles. The second kappa shape index (κ2) is 6.86. The molecule has 136 valence electrons. The second-order valence-corrected chi connectivity index (χ2v) is 6.12. The maximum Gasteiger partial charge on any atom is 0.416 e. The van der Waals surface area contributed by atoms with Crippen molar-refractivity contribution >= 4 is 16.8 Å². The maximum absolute atomic E-state index is 12.8. The summed E-state index contributed by atoms with van der Waals surface area (Å²) in [6, 6.07) is 12.7. The summed E-state index contributed by atoms with van der Waals surface area (Å²) in [7, 11) is 0. The summed E-state index contributed by atoms with van der Waals surface area (Å²) in [6.45, 7) is 4.50. The Kier molecular flexibility index (Phi) is 4.76. The number of hydrogen-bond acceptors (Lipinski definition) is 1. The first-order valence-electron chi connectivity index (χ1n) is 8.35. The van der Waals surface area contributed by atoms with Crippen LogP contribution in [0.2, 0.25) is 0 Å². The zero-order chi connectivity index (χ0) is 18.9. The number of nitrogens with one attached hydrogen (secondary N) is 1. The van der Waals surface area contributed by atoms with Crippen molar-refractivity contribution < 1.29 is 18.0 Å². The Balaban J connectivity index is 1.86. The Labute approximate surface area is 149 Å². The first-order chi connectivity index (χ1) is 12.3. The smallest absolute Gasteiger partial charge is 0.347 e. The molecule has 6 heteroatoms. The van der Waals surface area contributed by atoms with E-state index in [0.29, 0.717) is 17.8 Å². The predicted octanol–water partition coefficient (Wildman–Crippen LogP) is 4.92. The van der Waals surface area contributed by atoms with Gasteiger partial charge in [0.2, 0.25) is 0 Å². The van der Waals surface area contributed by atoms with Gasteiger partial charge in [0, 0.05) is 24.0 Å². The van der Waals surface area contributed by atoms with Gasteiger partial charge in [0.1, 0.15) is 5.69 Å². The van der Waals surface area contributed by atoms with E-state index >= 15 is 0 Å². The highest BCUT2D eigenvalue weighted by Crippen LogP contribution is 2.29. The number of amides is 1. The fourth-order valence-corrected chi connectivity index (χ4v) is 3.22. The summed E-state index contributed by atoms with van der Waals surface area (Å²) in [6.07, 6.45) is -4.40. The van der Waals surface area contributed by atoms with Gasteiger partial charge in [-0.1, -0.05) is 30.3 Å². The first kappa shape index (κ1) is 18.0. The summed E-state index contributed by atoms with van der Waals surface area (Å²) in [4.78, 5) is 12.7. The predicted molar refractivity (Wildman–Crippen MR) is 95.0 cm³/mol. The number of rotatable bonds is 4. The van der Waals surface area contributed by atoms with Crippen LogP contribution in [0.1, 0.15) is 34.1 Å². The molecule has 0 saturated carbocycles. The van der Waals surface area contributed by atoms with Crippen molar-refractivity contribution in [1.29, 1.82) is 0 Å². The Morgan fingerprint density at radius 1 is 1.12 bits per heavy atom. The Morgan fingerprint density at radius 3 is 2.54 bits per heavy atom. The van der Waals surface area contributed by atoms with Crippen LogP contribution >= 0.6 is 0 Å².